The molecule has 2 rings (SSSR count). The van der Waals surface area contributed by atoms with E-state index in [0.717, 1.165) is 27.1 Å². The van der Waals surface area contributed by atoms with Crippen molar-refractivity contribution < 1.29 is 4.74 Å². The number of aromatic nitrogens is 1. The fraction of sp³-hybridized carbons (Fsp3) is 0.214. The summed E-state index contributed by atoms with van der Waals surface area (Å²) in [6.45, 7) is 0.789. The summed E-state index contributed by atoms with van der Waals surface area (Å²) in [6.07, 6.45) is 1.80. The van der Waals surface area contributed by atoms with E-state index in [-0.39, 0.29) is 0 Å². The van der Waals surface area contributed by atoms with Gasteiger partial charge in [-0.1, -0.05) is 12.1 Å². The Morgan fingerprint density at radius 2 is 1.89 bits per heavy atom. The predicted molar refractivity (Wildman–Crippen MR) is 84.7 cm³/mol. The van der Waals surface area contributed by atoms with Gasteiger partial charge >= 0.3 is 0 Å². The quantitative estimate of drug-likeness (QED) is 0.786. The number of halogens is 2. The van der Waals surface area contributed by atoms with E-state index in [1.54, 1.807) is 13.3 Å². The molecular formula is C14H14Br2N2O. The number of hydrogen-bond acceptors (Lipinski definition) is 3. The van der Waals surface area contributed by atoms with Crippen LogP contribution in [0.1, 0.15) is 5.56 Å². The standard InChI is InChI=1S/C14H14Br2N2O/c1-18(14-13(16)7-11(15)8-17-14)9-10-3-5-12(19-2)6-4-10/h3-8H,9H2,1-2H3. The van der Waals surface area contributed by atoms with Gasteiger partial charge in [-0.05, 0) is 55.6 Å². The molecule has 0 N–H and O–H groups in total. The Morgan fingerprint density at radius 3 is 2.47 bits per heavy atom. The van der Waals surface area contributed by atoms with Gasteiger partial charge in [-0.15, -0.1) is 0 Å². The Balaban J connectivity index is 2.13. The molecule has 0 spiro atoms. The molecule has 1 aromatic carbocycles. The number of hydrogen-bond donors (Lipinski definition) is 0. The molecule has 0 aliphatic rings. The van der Waals surface area contributed by atoms with Gasteiger partial charge in [0.2, 0.25) is 0 Å². The van der Waals surface area contributed by atoms with Crippen molar-refractivity contribution in [3.05, 3.63) is 51.0 Å². The third kappa shape index (κ3) is 3.70. The van der Waals surface area contributed by atoms with E-state index in [1.807, 2.05) is 25.2 Å². The van der Waals surface area contributed by atoms with E-state index in [0.29, 0.717) is 0 Å². The summed E-state index contributed by atoms with van der Waals surface area (Å²) in [7, 11) is 3.69. The van der Waals surface area contributed by atoms with Gasteiger partial charge in [-0.2, -0.15) is 0 Å². The molecule has 2 aromatic rings. The topological polar surface area (TPSA) is 25.4 Å². The zero-order valence-corrected chi connectivity index (χ0v) is 13.9. The van der Waals surface area contributed by atoms with Gasteiger partial charge < -0.3 is 9.64 Å². The van der Waals surface area contributed by atoms with E-state index >= 15 is 0 Å². The lowest BCUT2D eigenvalue weighted by Gasteiger charge is -2.19. The largest absolute Gasteiger partial charge is 0.497 e. The molecule has 0 bridgehead atoms. The molecular weight excluding hydrogens is 372 g/mol. The highest BCUT2D eigenvalue weighted by Gasteiger charge is 2.08. The van der Waals surface area contributed by atoms with Crippen molar-refractivity contribution in [2.45, 2.75) is 6.54 Å². The maximum Gasteiger partial charge on any atom is 0.142 e. The molecule has 0 amide bonds. The SMILES string of the molecule is COc1ccc(CN(C)c2ncc(Br)cc2Br)cc1. The molecule has 5 heteroatoms. The maximum absolute atomic E-state index is 5.15. The molecule has 0 unspecified atom stereocenters. The van der Waals surface area contributed by atoms with Crippen LogP contribution in [0.3, 0.4) is 0 Å². The Kier molecular flexibility index (Phi) is 4.82. The second-order valence-corrected chi connectivity index (χ2v) is 5.93. The van der Waals surface area contributed by atoms with E-state index in [4.69, 9.17) is 4.74 Å². The Bertz CT molecular complexity index is 558. The van der Waals surface area contributed by atoms with Crippen LogP contribution in [0, 0.1) is 0 Å². The van der Waals surface area contributed by atoms with Gasteiger partial charge in [0.15, 0.2) is 0 Å². The number of nitrogens with zero attached hydrogens (tertiary/aromatic N) is 2. The maximum atomic E-state index is 5.15. The van der Waals surface area contributed by atoms with Crippen LogP contribution in [0.25, 0.3) is 0 Å². The van der Waals surface area contributed by atoms with Gasteiger partial charge in [0, 0.05) is 24.3 Å². The zero-order chi connectivity index (χ0) is 13.8. The van der Waals surface area contributed by atoms with Crippen LogP contribution in [-0.4, -0.2) is 19.1 Å². The van der Waals surface area contributed by atoms with Gasteiger partial charge in [-0.25, -0.2) is 4.98 Å². The Morgan fingerprint density at radius 1 is 1.21 bits per heavy atom. The van der Waals surface area contributed by atoms with E-state index in [9.17, 15) is 0 Å². The minimum Gasteiger partial charge on any atom is -0.497 e. The monoisotopic (exact) mass is 384 g/mol. The number of pyridine rings is 1. The third-order valence-electron chi connectivity index (χ3n) is 2.73. The van der Waals surface area contributed by atoms with Crippen LogP contribution in [-0.2, 0) is 6.54 Å². The molecule has 1 heterocycles. The summed E-state index contributed by atoms with van der Waals surface area (Å²) in [4.78, 5) is 6.51. The minimum absolute atomic E-state index is 0.789. The van der Waals surface area contributed by atoms with Crippen LogP contribution >= 0.6 is 31.9 Å². The molecule has 0 fully saturated rings. The van der Waals surface area contributed by atoms with Crippen molar-refractivity contribution in [3.63, 3.8) is 0 Å². The Labute approximate surface area is 129 Å². The number of rotatable bonds is 4. The first-order chi connectivity index (χ1) is 9.10. The van der Waals surface area contributed by atoms with Gasteiger partial charge in [0.05, 0.1) is 11.6 Å². The second kappa shape index (κ2) is 6.39. The van der Waals surface area contributed by atoms with Crippen LogP contribution in [0.5, 0.6) is 5.75 Å². The summed E-state index contributed by atoms with van der Waals surface area (Å²) in [5.41, 5.74) is 1.21. The first-order valence-corrected chi connectivity index (χ1v) is 7.34. The molecule has 0 saturated carbocycles. The summed E-state index contributed by atoms with van der Waals surface area (Å²) < 4.78 is 7.08. The Hall–Kier alpha value is -1.07. The van der Waals surface area contributed by atoms with E-state index in [1.165, 1.54) is 5.56 Å². The second-order valence-electron chi connectivity index (χ2n) is 4.16. The number of methoxy groups -OCH3 is 1. The van der Waals surface area contributed by atoms with E-state index < -0.39 is 0 Å². The van der Waals surface area contributed by atoms with Gasteiger partial charge in [-0.3, -0.25) is 0 Å². The fourth-order valence-electron chi connectivity index (χ4n) is 1.77. The lowest BCUT2D eigenvalue weighted by molar-refractivity contribution is 0.414. The molecule has 0 saturated heterocycles. The van der Waals surface area contributed by atoms with Crippen molar-refractivity contribution in [1.82, 2.24) is 4.98 Å². The van der Waals surface area contributed by atoms with Crippen molar-refractivity contribution in [3.8, 4) is 5.75 Å². The van der Waals surface area contributed by atoms with Crippen LogP contribution < -0.4 is 9.64 Å². The molecule has 0 radical (unpaired) electrons. The van der Waals surface area contributed by atoms with Crippen molar-refractivity contribution >= 4 is 37.7 Å². The first-order valence-electron chi connectivity index (χ1n) is 5.75. The number of benzene rings is 1. The summed E-state index contributed by atoms with van der Waals surface area (Å²) in [5.74, 6) is 1.79. The lowest BCUT2D eigenvalue weighted by atomic mass is 10.2. The highest BCUT2D eigenvalue weighted by Crippen LogP contribution is 2.27. The third-order valence-corrected chi connectivity index (χ3v) is 3.75. The minimum atomic E-state index is 0.789. The van der Waals surface area contributed by atoms with Gasteiger partial charge in [0.1, 0.15) is 11.6 Å². The first kappa shape index (κ1) is 14.3. The van der Waals surface area contributed by atoms with E-state index in [2.05, 4.69) is 53.9 Å². The van der Waals surface area contributed by atoms with Crippen LogP contribution in [0.2, 0.25) is 0 Å². The highest BCUT2D eigenvalue weighted by molar-refractivity contribution is 9.11. The van der Waals surface area contributed by atoms with Crippen LogP contribution in [0.15, 0.2) is 45.5 Å². The molecule has 19 heavy (non-hydrogen) atoms. The van der Waals surface area contributed by atoms with Crippen molar-refractivity contribution in [2.75, 3.05) is 19.1 Å². The van der Waals surface area contributed by atoms with Crippen molar-refractivity contribution in [1.29, 1.82) is 0 Å². The zero-order valence-electron chi connectivity index (χ0n) is 10.7. The molecule has 0 aliphatic carbocycles. The highest BCUT2D eigenvalue weighted by atomic mass is 79.9. The van der Waals surface area contributed by atoms with Crippen LogP contribution in [0.4, 0.5) is 5.82 Å². The average molecular weight is 386 g/mol. The lowest BCUT2D eigenvalue weighted by Crippen LogP contribution is -2.18. The predicted octanol–water partition coefficient (Wildman–Crippen LogP) is 4.25. The molecule has 100 valence electrons. The van der Waals surface area contributed by atoms with Gasteiger partial charge in [0.25, 0.3) is 0 Å². The molecule has 0 atom stereocenters. The number of ether oxygens (including phenoxy) is 1. The number of anilines is 1. The normalized spacial score (nSPS) is 10.3. The van der Waals surface area contributed by atoms with Crippen molar-refractivity contribution in [2.24, 2.45) is 0 Å². The summed E-state index contributed by atoms with van der Waals surface area (Å²) in [5, 5.41) is 0. The molecule has 1 aromatic heterocycles. The average Bonchev–Trinajstić information content (AvgIpc) is 2.39. The summed E-state index contributed by atoms with van der Waals surface area (Å²) >= 11 is 6.93. The molecule has 3 nitrogen and oxygen atoms in total. The fourth-order valence-corrected chi connectivity index (χ4v) is 3.06. The smallest absolute Gasteiger partial charge is 0.142 e. The summed E-state index contributed by atoms with van der Waals surface area (Å²) in [6, 6.07) is 10.0. The molecule has 0 aliphatic heterocycles.